The van der Waals surface area contributed by atoms with E-state index in [1.165, 1.54) is 12.0 Å². The molecule has 1 saturated carbocycles. The van der Waals surface area contributed by atoms with Crippen LogP contribution in [0, 0.1) is 0 Å². The van der Waals surface area contributed by atoms with Crippen LogP contribution in [0.2, 0.25) is 0 Å². The minimum atomic E-state index is -0.0495. The average Bonchev–Trinajstić information content (AvgIpc) is 3.15. The molecule has 2 bridgehead atoms. The van der Waals surface area contributed by atoms with Crippen LogP contribution < -0.4 is 15.8 Å². The van der Waals surface area contributed by atoms with Gasteiger partial charge in [0.2, 0.25) is 5.91 Å². The second-order valence-corrected chi connectivity index (χ2v) is 8.84. The van der Waals surface area contributed by atoms with Crippen molar-refractivity contribution in [2.24, 2.45) is 5.73 Å². The molecule has 150 valence electrons. The number of para-hydroxylation sites is 1. The molecule has 0 radical (unpaired) electrons. The van der Waals surface area contributed by atoms with Gasteiger partial charge in [-0.2, -0.15) is 0 Å². The molecule has 2 aliphatic heterocycles. The first-order valence-electron chi connectivity index (χ1n) is 10.1. The maximum absolute atomic E-state index is 11.5. The van der Waals surface area contributed by atoms with Gasteiger partial charge in [-0.1, -0.05) is 35.6 Å². The Bertz CT molecular complexity index is 974. The summed E-state index contributed by atoms with van der Waals surface area (Å²) in [6.07, 6.45) is 3.26. The van der Waals surface area contributed by atoms with Crippen molar-refractivity contribution in [1.82, 2.24) is 15.2 Å². The molecule has 3 N–H and O–H groups in total. The molecular weight excluding hydrogens is 384 g/mol. The van der Waals surface area contributed by atoms with Crippen molar-refractivity contribution in [2.75, 3.05) is 6.54 Å². The number of benzene rings is 2. The highest BCUT2D eigenvalue weighted by Crippen LogP contribution is 2.39. The lowest BCUT2D eigenvalue weighted by atomic mass is 9.76. The standard InChI is InChI=1S/C22H24N4O2S/c23-12-21(27)24-15-9-16-11-17(10-15)26(16)13-14-5-7-18(8-6-14)28-22-25-19-3-1-2-4-20(19)29-22/h1-8,15-17H,9-13,23H2,(H,24,27). The molecule has 3 aliphatic rings. The number of nitrogens with two attached hydrogens (primary N) is 1. The number of nitrogens with one attached hydrogen (secondary N) is 1. The Morgan fingerprint density at radius 2 is 1.90 bits per heavy atom. The molecule has 1 aliphatic carbocycles. The summed E-state index contributed by atoms with van der Waals surface area (Å²) < 4.78 is 7.07. The van der Waals surface area contributed by atoms with Crippen LogP contribution >= 0.6 is 11.3 Å². The fraction of sp³-hybridized carbons (Fsp3) is 0.364. The average molecular weight is 409 g/mol. The quantitative estimate of drug-likeness (QED) is 0.654. The number of hydrogen-bond donors (Lipinski definition) is 2. The molecule has 3 heterocycles. The molecule has 1 amide bonds. The van der Waals surface area contributed by atoms with Crippen LogP contribution in [0.5, 0.6) is 10.9 Å². The maximum Gasteiger partial charge on any atom is 0.279 e. The van der Waals surface area contributed by atoms with E-state index in [0.29, 0.717) is 17.3 Å². The number of thiazole rings is 1. The lowest BCUT2D eigenvalue weighted by Crippen LogP contribution is -2.64. The van der Waals surface area contributed by atoms with Crippen LogP contribution in [0.1, 0.15) is 24.8 Å². The zero-order chi connectivity index (χ0) is 19.8. The first kappa shape index (κ1) is 18.5. The van der Waals surface area contributed by atoms with E-state index in [0.717, 1.165) is 35.4 Å². The molecule has 1 aromatic heterocycles. The van der Waals surface area contributed by atoms with Crippen molar-refractivity contribution in [1.29, 1.82) is 0 Å². The summed E-state index contributed by atoms with van der Waals surface area (Å²) in [6, 6.07) is 17.7. The number of carbonyl (C=O) groups excluding carboxylic acids is 1. The normalized spacial score (nSPS) is 23.6. The minimum Gasteiger partial charge on any atom is -0.431 e. The van der Waals surface area contributed by atoms with E-state index in [4.69, 9.17) is 10.5 Å². The van der Waals surface area contributed by atoms with Gasteiger partial charge in [-0.3, -0.25) is 9.69 Å². The molecular formula is C22H24N4O2S. The van der Waals surface area contributed by atoms with Gasteiger partial charge in [0.1, 0.15) is 5.75 Å². The third kappa shape index (κ3) is 3.85. The Kier molecular flexibility index (Phi) is 4.95. The summed E-state index contributed by atoms with van der Waals surface area (Å²) in [7, 11) is 0. The number of amides is 1. The lowest BCUT2D eigenvalue weighted by Gasteiger charge is -2.55. The van der Waals surface area contributed by atoms with Gasteiger partial charge in [0.25, 0.3) is 5.19 Å². The third-order valence-corrected chi connectivity index (χ3v) is 6.83. The third-order valence-electron chi connectivity index (χ3n) is 5.91. The van der Waals surface area contributed by atoms with Gasteiger partial charge >= 0.3 is 0 Å². The maximum atomic E-state index is 11.5. The fourth-order valence-corrected chi connectivity index (χ4v) is 5.33. The van der Waals surface area contributed by atoms with Gasteiger partial charge in [0, 0.05) is 24.7 Å². The lowest BCUT2D eigenvalue weighted by molar-refractivity contribution is -0.122. The summed E-state index contributed by atoms with van der Waals surface area (Å²) in [5.74, 6) is 0.757. The van der Waals surface area contributed by atoms with E-state index in [2.05, 4.69) is 33.4 Å². The Balaban J connectivity index is 1.18. The molecule has 2 atom stereocenters. The van der Waals surface area contributed by atoms with Gasteiger partial charge in [0.15, 0.2) is 0 Å². The molecule has 3 aromatic rings. The van der Waals surface area contributed by atoms with E-state index in [1.807, 2.05) is 30.3 Å². The van der Waals surface area contributed by atoms with Crippen molar-refractivity contribution in [3.63, 3.8) is 0 Å². The molecule has 7 heteroatoms. The van der Waals surface area contributed by atoms with Gasteiger partial charge < -0.3 is 15.8 Å². The number of ether oxygens (including phenoxy) is 1. The van der Waals surface area contributed by atoms with E-state index in [1.54, 1.807) is 11.3 Å². The first-order chi connectivity index (χ1) is 14.2. The molecule has 29 heavy (non-hydrogen) atoms. The van der Waals surface area contributed by atoms with Crippen LogP contribution in [-0.2, 0) is 11.3 Å². The number of aromatic nitrogens is 1. The number of hydrogen-bond acceptors (Lipinski definition) is 6. The fourth-order valence-electron chi connectivity index (χ4n) is 4.49. The van der Waals surface area contributed by atoms with Crippen LogP contribution in [0.3, 0.4) is 0 Å². The monoisotopic (exact) mass is 408 g/mol. The van der Waals surface area contributed by atoms with Gasteiger partial charge in [-0.15, -0.1) is 0 Å². The van der Waals surface area contributed by atoms with Crippen LogP contribution in [0.4, 0.5) is 0 Å². The highest BCUT2D eigenvalue weighted by Gasteiger charge is 2.45. The van der Waals surface area contributed by atoms with E-state index in [9.17, 15) is 4.79 Å². The number of carbonyl (C=O) groups is 1. The largest absolute Gasteiger partial charge is 0.431 e. The van der Waals surface area contributed by atoms with Gasteiger partial charge in [-0.05, 0) is 49.1 Å². The second-order valence-electron chi connectivity index (χ2n) is 7.85. The Labute approximate surface area is 173 Å². The van der Waals surface area contributed by atoms with E-state index < -0.39 is 0 Å². The summed E-state index contributed by atoms with van der Waals surface area (Å²) in [4.78, 5) is 18.6. The van der Waals surface area contributed by atoms with E-state index >= 15 is 0 Å². The Hall–Kier alpha value is -2.48. The van der Waals surface area contributed by atoms with Crippen LogP contribution in [0.25, 0.3) is 10.2 Å². The summed E-state index contributed by atoms with van der Waals surface area (Å²) in [5.41, 5.74) is 7.65. The first-order valence-corrected chi connectivity index (χ1v) is 10.9. The van der Waals surface area contributed by atoms with Crippen molar-refractivity contribution < 1.29 is 9.53 Å². The zero-order valence-corrected chi connectivity index (χ0v) is 16.9. The number of nitrogens with zero attached hydrogens (tertiary/aromatic N) is 2. The molecule has 0 spiro atoms. The second kappa shape index (κ2) is 7.74. The highest BCUT2D eigenvalue weighted by atomic mass is 32.1. The van der Waals surface area contributed by atoms with E-state index in [-0.39, 0.29) is 18.5 Å². The summed E-state index contributed by atoms with van der Waals surface area (Å²) >= 11 is 1.56. The van der Waals surface area contributed by atoms with Crippen molar-refractivity contribution in [2.45, 2.75) is 43.9 Å². The van der Waals surface area contributed by atoms with Gasteiger partial charge in [-0.25, -0.2) is 4.98 Å². The van der Waals surface area contributed by atoms with Crippen molar-refractivity contribution in [3.8, 4) is 10.9 Å². The molecule has 6 nitrogen and oxygen atoms in total. The minimum absolute atomic E-state index is 0.0495. The molecule has 2 unspecified atom stereocenters. The van der Waals surface area contributed by atoms with Gasteiger partial charge in [0.05, 0.1) is 16.8 Å². The number of fused-ring (bicyclic) bond motifs is 3. The molecule has 6 rings (SSSR count). The predicted octanol–water partition coefficient (Wildman–Crippen LogP) is 3.27. The Morgan fingerprint density at radius 3 is 2.62 bits per heavy atom. The molecule has 3 fully saturated rings. The van der Waals surface area contributed by atoms with Crippen molar-refractivity contribution in [3.05, 3.63) is 54.1 Å². The van der Waals surface area contributed by atoms with Crippen LogP contribution in [0.15, 0.2) is 48.5 Å². The molecule has 2 aromatic carbocycles. The molecule has 2 saturated heterocycles. The smallest absolute Gasteiger partial charge is 0.279 e. The van der Waals surface area contributed by atoms with Crippen LogP contribution in [-0.4, -0.2) is 40.5 Å². The Morgan fingerprint density at radius 1 is 1.14 bits per heavy atom. The summed E-state index contributed by atoms with van der Waals surface area (Å²) in [5, 5.41) is 3.71. The topological polar surface area (TPSA) is 80.5 Å². The zero-order valence-electron chi connectivity index (χ0n) is 16.1. The number of rotatable bonds is 6. The van der Waals surface area contributed by atoms with Crippen molar-refractivity contribution >= 4 is 27.5 Å². The number of piperidine rings is 1. The summed E-state index contributed by atoms with van der Waals surface area (Å²) in [6.45, 7) is 1.01. The highest BCUT2D eigenvalue weighted by molar-refractivity contribution is 7.20. The SMILES string of the molecule is NCC(=O)NC1CC2CC(C1)N2Cc1ccc(Oc2nc3ccccc3s2)cc1. The predicted molar refractivity (Wildman–Crippen MR) is 114 cm³/mol.